The van der Waals surface area contributed by atoms with Crippen LogP contribution < -0.4 is 4.74 Å². The Morgan fingerprint density at radius 3 is 2.69 bits per heavy atom. The predicted octanol–water partition coefficient (Wildman–Crippen LogP) is 4.76. The summed E-state index contributed by atoms with van der Waals surface area (Å²) < 4.78 is 5.54. The van der Waals surface area contributed by atoms with E-state index < -0.39 is 11.0 Å². The summed E-state index contributed by atoms with van der Waals surface area (Å²) in [6.07, 6.45) is 1.90. The van der Waals surface area contributed by atoms with Crippen LogP contribution in [0.4, 0.5) is 5.69 Å². The Labute approximate surface area is 209 Å². The first-order valence-electron chi connectivity index (χ1n) is 12.3. The topological polar surface area (TPSA) is 91.6 Å². The number of hydrogen-bond donors (Lipinski definition) is 2. The number of benzene rings is 3. The molecule has 1 fully saturated rings. The Morgan fingerprint density at radius 2 is 1.92 bits per heavy atom. The fraction of sp³-hybridized carbons (Fsp3) is 0.310. The molecule has 0 spiro atoms. The molecule has 1 aromatic heterocycles. The van der Waals surface area contributed by atoms with Gasteiger partial charge in [0.2, 0.25) is 0 Å². The van der Waals surface area contributed by atoms with Crippen molar-refractivity contribution in [1.82, 2.24) is 9.88 Å². The number of aromatic nitrogens is 1. The Hall–Kier alpha value is -3.68. The van der Waals surface area contributed by atoms with Gasteiger partial charge in [0.05, 0.1) is 23.2 Å². The number of nitro benzene ring substituents is 1. The summed E-state index contributed by atoms with van der Waals surface area (Å²) in [6.45, 7) is 2.18. The minimum absolute atomic E-state index is 0.0637. The molecule has 2 N–H and O–H groups in total. The first-order chi connectivity index (χ1) is 17.4. The van der Waals surface area contributed by atoms with Crippen molar-refractivity contribution in [3.8, 4) is 5.75 Å². The number of aromatic amines is 1. The van der Waals surface area contributed by atoms with Gasteiger partial charge in [0, 0.05) is 54.6 Å². The lowest BCUT2D eigenvalue weighted by molar-refractivity contribution is -0.384. The lowest BCUT2D eigenvalue weighted by Crippen LogP contribution is -2.66. The highest BCUT2D eigenvalue weighted by molar-refractivity contribution is 5.87. The Bertz CT molecular complexity index is 1450. The molecule has 36 heavy (non-hydrogen) atoms. The number of methoxy groups -OCH3 is 1. The molecule has 4 aromatic rings. The molecule has 0 bridgehead atoms. The maximum absolute atomic E-state index is 12.6. The van der Waals surface area contributed by atoms with E-state index in [0.29, 0.717) is 19.4 Å². The van der Waals surface area contributed by atoms with Crippen molar-refractivity contribution < 1.29 is 14.8 Å². The van der Waals surface area contributed by atoms with Crippen LogP contribution in [0.2, 0.25) is 0 Å². The van der Waals surface area contributed by atoms with Gasteiger partial charge in [-0.15, -0.1) is 0 Å². The number of rotatable bonds is 5. The molecule has 7 heteroatoms. The molecule has 0 amide bonds. The standard InChI is InChI=1S/C29H29N3O4/c1-36-23-9-5-8-21(14-23)28-12-13-31(18-20-6-3-2-4-7-20)19-29(28,33)16-25-24-11-10-22(32(34)35)15-26(24)30-27(25)17-28/h2-11,14-15,30,33H,12-13,16-19H2,1H3/t28-,29-/m0/s1. The molecule has 7 nitrogen and oxygen atoms in total. The van der Waals surface area contributed by atoms with Crippen LogP contribution in [0.5, 0.6) is 5.75 Å². The fourth-order valence-electron chi connectivity index (χ4n) is 6.43. The van der Waals surface area contributed by atoms with Gasteiger partial charge in [-0.25, -0.2) is 0 Å². The van der Waals surface area contributed by atoms with Gasteiger partial charge >= 0.3 is 0 Å². The average Bonchev–Trinajstić information content (AvgIpc) is 3.23. The molecule has 3 aromatic carbocycles. The summed E-state index contributed by atoms with van der Waals surface area (Å²) in [5, 5.41) is 24.9. The van der Waals surface area contributed by atoms with Crippen LogP contribution in [0.15, 0.2) is 72.8 Å². The number of nitro groups is 1. The molecule has 6 rings (SSSR count). The van der Waals surface area contributed by atoms with E-state index in [0.717, 1.165) is 53.0 Å². The number of H-pyrrole nitrogens is 1. The highest BCUT2D eigenvalue weighted by Crippen LogP contribution is 2.52. The van der Waals surface area contributed by atoms with Crippen molar-refractivity contribution in [2.45, 2.75) is 36.8 Å². The zero-order valence-electron chi connectivity index (χ0n) is 20.2. The van der Waals surface area contributed by atoms with E-state index in [9.17, 15) is 15.2 Å². The summed E-state index contributed by atoms with van der Waals surface area (Å²) >= 11 is 0. The van der Waals surface area contributed by atoms with Crippen LogP contribution in [0.25, 0.3) is 10.9 Å². The van der Waals surface area contributed by atoms with E-state index in [1.165, 1.54) is 5.56 Å². The number of piperidine rings is 1. The van der Waals surface area contributed by atoms with Crippen molar-refractivity contribution in [1.29, 1.82) is 0 Å². The number of likely N-dealkylation sites (tertiary alicyclic amines) is 1. The van der Waals surface area contributed by atoms with Gasteiger partial charge in [0.1, 0.15) is 5.75 Å². The third-order valence-electron chi connectivity index (χ3n) is 8.24. The van der Waals surface area contributed by atoms with Gasteiger partial charge < -0.3 is 14.8 Å². The van der Waals surface area contributed by atoms with E-state index in [-0.39, 0.29) is 10.6 Å². The van der Waals surface area contributed by atoms with Crippen LogP contribution in [0, 0.1) is 10.1 Å². The number of nitrogens with one attached hydrogen (secondary N) is 1. The first kappa shape index (κ1) is 22.8. The highest BCUT2D eigenvalue weighted by Gasteiger charge is 2.57. The normalized spacial score (nSPS) is 23.7. The van der Waals surface area contributed by atoms with E-state index in [1.54, 1.807) is 19.2 Å². The Kier molecular flexibility index (Phi) is 5.35. The van der Waals surface area contributed by atoms with Crippen LogP contribution in [-0.4, -0.2) is 45.7 Å². The third-order valence-corrected chi connectivity index (χ3v) is 8.24. The molecule has 1 saturated heterocycles. The first-order valence-corrected chi connectivity index (χ1v) is 12.3. The number of β-amino-alcohol motifs (C(OH)–C–C–N with tert-alkyl or cyclic N) is 1. The molecular formula is C29H29N3O4. The number of nitrogens with zero attached hydrogens (tertiary/aromatic N) is 2. The summed E-state index contributed by atoms with van der Waals surface area (Å²) in [5.74, 6) is 0.772. The van der Waals surface area contributed by atoms with Crippen molar-refractivity contribution in [3.05, 3.63) is 105 Å². The van der Waals surface area contributed by atoms with Crippen molar-refractivity contribution in [2.24, 2.45) is 0 Å². The van der Waals surface area contributed by atoms with Gasteiger partial charge in [0.25, 0.3) is 5.69 Å². The van der Waals surface area contributed by atoms with E-state index in [1.807, 2.05) is 36.4 Å². The SMILES string of the molecule is COc1cccc([C@@]23CCN(Cc4ccccc4)C[C@@]2(O)Cc2c([nH]c4cc([N+](=O)[O-])ccc24)C3)c1. The smallest absolute Gasteiger partial charge is 0.271 e. The van der Waals surface area contributed by atoms with Gasteiger partial charge in [-0.1, -0.05) is 42.5 Å². The van der Waals surface area contributed by atoms with Crippen molar-refractivity contribution in [3.63, 3.8) is 0 Å². The van der Waals surface area contributed by atoms with Gasteiger partial charge in [0.15, 0.2) is 0 Å². The van der Waals surface area contributed by atoms with Crippen LogP contribution in [-0.2, 0) is 24.8 Å². The molecule has 2 atom stereocenters. The van der Waals surface area contributed by atoms with Crippen LogP contribution in [0.1, 0.15) is 28.8 Å². The van der Waals surface area contributed by atoms with Gasteiger partial charge in [-0.2, -0.15) is 0 Å². The molecular weight excluding hydrogens is 454 g/mol. The summed E-state index contributed by atoms with van der Waals surface area (Å²) in [7, 11) is 1.66. The van der Waals surface area contributed by atoms with Crippen LogP contribution in [0.3, 0.4) is 0 Å². The minimum atomic E-state index is -1.02. The van der Waals surface area contributed by atoms with Gasteiger partial charge in [-0.05, 0) is 47.9 Å². The molecule has 2 heterocycles. The maximum Gasteiger partial charge on any atom is 0.271 e. The molecule has 2 aliphatic rings. The molecule has 0 unspecified atom stereocenters. The van der Waals surface area contributed by atoms with E-state index in [2.05, 4.69) is 34.1 Å². The Morgan fingerprint density at radius 1 is 1.08 bits per heavy atom. The highest BCUT2D eigenvalue weighted by atomic mass is 16.6. The molecule has 0 radical (unpaired) electrons. The Balaban J connectivity index is 1.45. The zero-order valence-corrected chi connectivity index (χ0v) is 20.2. The van der Waals surface area contributed by atoms with Crippen molar-refractivity contribution >= 4 is 16.6 Å². The number of fused-ring (bicyclic) bond motifs is 4. The third kappa shape index (κ3) is 3.58. The monoisotopic (exact) mass is 483 g/mol. The van der Waals surface area contributed by atoms with E-state index >= 15 is 0 Å². The number of hydrogen-bond acceptors (Lipinski definition) is 5. The molecule has 1 aliphatic heterocycles. The van der Waals surface area contributed by atoms with Crippen LogP contribution >= 0.6 is 0 Å². The quantitative estimate of drug-likeness (QED) is 0.316. The van der Waals surface area contributed by atoms with E-state index in [4.69, 9.17) is 4.74 Å². The molecule has 0 saturated carbocycles. The zero-order chi connectivity index (χ0) is 24.9. The second kappa shape index (κ2) is 8.47. The minimum Gasteiger partial charge on any atom is -0.497 e. The largest absolute Gasteiger partial charge is 0.497 e. The summed E-state index contributed by atoms with van der Waals surface area (Å²) in [4.78, 5) is 16.8. The number of non-ortho nitro benzene ring substituents is 1. The lowest BCUT2D eigenvalue weighted by atomic mass is 9.56. The number of aliphatic hydroxyl groups is 1. The second-order valence-corrected chi connectivity index (χ2v) is 10.2. The summed E-state index contributed by atoms with van der Waals surface area (Å²) in [5.41, 5.74) is 3.69. The predicted molar refractivity (Wildman–Crippen MR) is 138 cm³/mol. The second-order valence-electron chi connectivity index (χ2n) is 10.2. The maximum atomic E-state index is 12.6. The average molecular weight is 484 g/mol. The molecule has 1 aliphatic carbocycles. The molecule has 184 valence electrons. The fourth-order valence-corrected chi connectivity index (χ4v) is 6.43. The van der Waals surface area contributed by atoms with Crippen molar-refractivity contribution in [2.75, 3.05) is 20.2 Å². The van der Waals surface area contributed by atoms with Gasteiger partial charge in [-0.3, -0.25) is 15.0 Å². The lowest BCUT2D eigenvalue weighted by Gasteiger charge is -2.56. The number of ether oxygens (including phenoxy) is 1. The summed E-state index contributed by atoms with van der Waals surface area (Å²) in [6, 6.07) is 23.4.